The van der Waals surface area contributed by atoms with Crippen molar-refractivity contribution in [3.8, 4) is 6.07 Å². The SMILES string of the molecule is N#Cc1ccn2c(c1)cc1ccccc12. The molecule has 0 bridgehead atoms. The number of hydrogen-bond acceptors (Lipinski definition) is 1. The van der Waals surface area contributed by atoms with E-state index in [9.17, 15) is 0 Å². The van der Waals surface area contributed by atoms with E-state index in [1.54, 1.807) is 0 Å². The van der Waals surface area contributed by atoms with Gasteiger partial charge < -0.3 is 4.40 Å². The number of hydrogen-bond donors (Lipinski definition) is 0. The molecule has 0 saturated heterocycles. The number of nitriles is 1. The largest absolute Gasteiger partial charge is 0.316 e. The molecule has 2 nitrogen and oxygen atoms in total. The first-order valence-electron chi connectivity index (χ1n) is 4.78. The second-order valence-electron chi connectivity index (χ2n) is 3.53. The molecule has 0 fully saturated rings. The Hall–Kier alpha value is -2.27. The third-order valence-corrected chi connectivity index (χ3v) is 2.61. The van der Waals surface area contributed by atoms with E-state index in [1.165, 1.54) is 10.9 Å². The molecule has 0 aliphatic rings. The van der Waals surface area contributed by atoms with Crippen LogP contribution in [-0.2, 0) is 0 Å². The highest BCUT2D eigenvalue weighted by molar-refractivity contribution is 5.87. The van der Waals surface area contributed by atoms with Crippen molar-refractivity contribution in [1.29, 1.82) is 5.26 Å². The molecule has 0 N–H and O–H groups in total. The van der Waals surface area contributed by atoms with Crippen LogP contribution in [-0.4, -0.2) is 4.40 Å². The Labute approximate surface area is 87.0 Å². The van der Waals surface area contributed by atoms with Crippen molar-refractivity contribution in [1.82, 2.24) is 4.40 Å². The van der Waals surface area contributed by atoms with Gasteiger partial charge in [0, 0.05) is 17.1 Å². The van der Waals surface area contributed by atoms with Gasteiger partial charge in [0.05, 0.1) is 17.1 Å². The molecule has 0 unspecified atom stereocenters. The zero-order valence-corrected chi connectivity index (χ0v) is 8.01. The minimum atomic E-state index is 0.699. The number of rotatable bonds is 0. The minimum absolute atomic E-state index is 0.699. The molecule has 2 aromatic heterocycles. The van der Waals surface area contributed by atoms with Crippen LogP contribution >= 0.6 is 0 Å². The molecule has 0 aliphatic heterocycles. The maximum atomic E-state index is 8.81. The second-order valence-corrected chi connectivity index (χ2v) is 3.53. The summed E-state index contributed by atoms with van der Waals surface area (Å²) in [6.07, 6.45) is 1.94. The van der Waals surface area contributed by atoms with Crippen LogP contribution in [0.3, 0.4) is 0 Å². The molecule has 0 spiro atoms. The molecule has 15 heavy (non-hydrogen) atoms. The van der Waals surface area contributed by atoms with Gasteiger partial charge in [-0.15, -0.1) is 0 Å². The zero-order valence-electron chi connectivity index (χ0n) is 8.01. The third kappa shape index (κ3) is 1.10. The van der Waals surface area contributed by atoms with Crippen LogP contribution in [0.5, 0.6) is 0 Å². The van der Waals surface area contributed by atoms with Crippen molar-refractivity contribution in [3.63, 3.8) is 0 Å². The Kier molecular flexibility index (Phi) is 1.54. The molecular formula is C13H8N2. The van der Waals surface area contributed by atoms with Crippen molar-refractivity contribution in [2.75, 3.05) is 0 Å². The molecule has 2 heteroatoms. The van der Waals surface area contributed by atoms with E-state index in [0.717, 1.165) is 5.52 Å². The molecule has 3 rings (SSSR count). The summed E-state index contributed by atoms with van der Waals surface area (Å²) < 4.78 is 2.09. The van der Waals surface area contributed by atoms with E-state index in [1.807, 2.05) is 30.5 Å². The fourth-order valence-corrected chi connectivity index (χ4v) is 1.91. The van der Waals surface area contributed by atoms with E-state index in [2.05, 4.69) is 28.7 Å². The molecule has 0 saturated carbocycles. The highest BCUT2D eigenvalue weighted by atomic mass is 14.9. The first kappa shape index (κ1) is 8.07. The van der Waals surface area contributed by atoms with Gasteiger partial charge in [-0.3, -0.25) is 0 Å². The van der Waals surface area contributed by atoms with Crippen LogP contribution in [0.2, 0.25) is 0 Å². The molecule has 0 radical (unpaired) electrons. The summed E-state index contributed by atoms with van der Waals surface area (Å²) in [5.41, 5.74) is 2.94. The zero-order chi connectivity index (χ0) is 10.3. The first-order chi connectivity index (χ1) is 7.38. The fraction of sp³-hybridized carbons (Fsp3) is 0. The highest BCUT2D eigenvalue weighted by Gasteiger charge is 2.01. The predicted molar refractivity (Wildman–Crippen MR) is 59.6 cm³/mol. The maximum absolute atomic E-state index is 8.81. The Morgan fingerprint density at radius 3 is 2.80 bits per heavy atom. The van der Waals surface area contributed by atoms with Crippen molar-refractivity contribution in [2.24, 2.45) is 0 Å². The van der Waals surface area contributed by atoms with Gasteiger partial charge in [-0.1, -0.05) is 18.2 Å². The van der Waals surface area contributed by atoms with E-state index in [4.69, 9.17) is 5.26 Å². The topological polar surface area (TPSA) is 28.2 Å². The van der Waals surface area contributed by atoms with Gasteiger partial charge in [0.15, 0.2) is 0 Å². The average Bonchev–Trinajstić information content (AvgIpc) is 2.66. The Bertz CT molecular complexity index is 686. The smallest absolute Gasteiger partial charge is 0.0992 e. The van der Waals surface area contributed by atoms with Gasteiger partial charge in [-0.25, -0.2) is 0 Å². The number of aromatic nitrogens is 1. The summed E-state index contributed by atoms with van der Waals surface area (Å²) in [4.78, 5) is 0. The summed E-state index contributed by atoms with van der Waals surface area (Å²) in [5.74, 6) is 0. The lowest BCUT2D eigenvalue weighted by Crippen LogP contribution is -1.83. The standard InChI is InChI=1S/C13H8N2/c14-9-10-5-6-15-12(7-10)8-11-3-1-2-4-13(11)15/h1-8H. The normalized spacial score (nSPS) is 10.6. The van der Waals surface area contributed by atoms with Crippen LogP contribution < -0.4 is 0 Å². The Balaban J connectivity index is 2.50. The van der Waals surface area contributed by atoms with Gasteiger partial charge in [0.1, 0.15) is 0 Å². The Morgan fingerprint density at radius 2 is 1.93 bits per heavy atom. The molecule has 2 heterocycles. The molecule has 0 amide bonds. The van der Waals surface area contributed by atoms with Crippen molar-refractivity contribution in [2.45, 2.75) is 0 Å². The molecule has 3 aromatic rings. The Morgan fingerprint density at radius 1 is 1.07 bits per heavy atom. The van der Waals surface area contributed by atoms with Crippen LogP contribution in [0, 0.1) is 11.3 Å². The summed E-state index contributed by atoms with van der Waals surface area (Å²) in [6.45, 7) is 0. The van der Waals surface area contributed by atoms with E-state index in [0.29, 0.717) is 5.56 Å². The summed E-state index contributed by atoms with van der Waals surface area (Å²) >= 11 is 0. The van der Waals surface area contributed by atoms with Gasteiger partial charge in [0.2, 0.25) is 0 Å². The van der Waals surface area contributed by atoms with Crippen LogP contribution in [0.15, 0.2) is 48.7 Å². The molecule has 70 valence electrons. The number of para-hydroxylation sites is 1. The quantitative estimate of drug-likeness (QED) is 0.538. The number of pyridine rings is 1. The lowest BCUT2D eigenvalue weighted by atomic mass is 10.2. The molecule has 1 aromatic carbocycles. The number of nitrogens with zero attached hydrogens (tertiary/aromatic N) is 2. The summed E-state index contributed by atoms with van der Waals surface area (Å²) in [5, 5.41) is 10.0. The van der Waals surface area contributed by atoms with Gasteiger partial charge in [-0.05, 0) is 24.3 Å². The van der Waals surface area contributed by atoms with Gasteiger partial charge in [-0.2, -0.15) is 5.26 Å². The van der Waals surface area contributed by atoms with Crippen LogP contribution in [0.25, 0.3) is 16.4 Å². The lowest BCUT2D eigenvalue weighted by molar-refractivity contribution is 1.24. The lowest BCUT2D eigenvalue weighted by Gasteiger charge is -1.96. The summed E-state index contributed by atoms with van der Waals surface area (Å²) in [7, 11) is 0. The average molecular weight is 192 g/mol. The van der Waals surface area contributed by atoms with Gasteiger partial charge >= 0.3 is 0 Å². The highest BCUT2D eigenvalue weighted by Crippen LogP contribution is 2.20. The second kappa shape index (κ2) is 2.86. The minimum Gasteiger partial charge on any atom is -0.316 e. The maximum Gasteiger partial charge on any atom is 0.0992 e. The predicted octanol–water partition coefficient (Wildman–Crippen LogP) is 2.96. The van der Waals surface area contributed by atoms with E-state index >= 15 is 0 Å². The summed E-state index contributed by atoms with van der Waals surface area (Å²) in [6, 6.07) is 16.2. The first-order valence-corrected chi connectivity index (χ1v) is 4.78. The van der Waals surface area contributed by atoms with Gasteiger partial charge in [0.25, 0.3) is 0 Å². The molecular weight excluding hydrogens is 184 g/mol. The number of fused-ring (bicyclic) bond motifs is 3. The van der Waals surface area contributed by atoms with Crippen LogP contribution in [0.1, 0.15) is 5.56 Å². The van der Waals surface area contributed by atoms with Crippen molar-refractivity contribution >= 4 is 16.4 Å². The third-order valence-electron chi connectivity index (χ3n) is 2.61. The van der Waals surface area contributed by atoms with E-state index in [-0.39, 0.29) is 0 Å². The fourth-order valence-electron chi connectivity index (χ4n) is 1.91. The molecule has 0 atom stereocenters. The van der Waals surface area contributed by atoms with E-state index < -0.39 is 0 Å². The molecule has 0 aliphatic carbocycles. The van der Waals surface area contributed by atoms with Crippen LogP contribution in [0.4, 0.5) is 0 Å². The number of benzene rings is 1. The van der Waals surface area contributed by atoms with Crippen molar-refractivity contribution in [3.05, 3.63) is 54.2 Å². The van der Waals surface area contributed by atoms with Crippen molar-refractivity contribution < 1.29 is 0 Å². The monoisotopic (exact) mass is 192 g/mol.